The molecule has 0 aromatic heterocycles. The van der Waals surface area contributed by atoms with Crippen LogP contribution in [0.5, 0.6) is 0 Å². The minimum atomic E-state index is -2.55. The van der Waals surface area contributed by atoms with Gasteiger partial charge in [0.2, 0.25) is 0 Å². The van der Waals surface area contributed by atoms with Gasteiger partial charge in [-0.1, -0.05) is 33.3 Å². The molecule has 1 unspecified atom stereocenters. The molecule has 5 nitrogen and oxygen atoms in total. The monoisotopic (exact) mass is 265 g/mol. The molecule has 1 N–H and O–H groups in total. The van der Waals surface area contributed by atoms with Crippen molar-refractivity contribution in [2.75, 3.05) is 13.2 Å². The van der Waals surface area contributed by atoms with E-state index in [4.69, 9.17) is 9.63 Å². The molecule has 100 valence electrons. The number of hydrogen-bond donors (Lipinski definition) is 1. The SMILES string of the molecule is C=C(C)C(=O)OCCCO[P+](=O)O.CCCC. The molecule has 6 heteroatoms. The van der Waals surface area contributed by atoms with E-state index in [1.54, 1.807) is 6.92 Å². The van der Waals surface area contributed by atoms with Gasteiger partial charge in [0, 0.05) is 16.6 Å². The third kappa shape index (κ3) is 17.8. The molecule has 0 rings (SSSR count). The zero-order chi connectivity index (χ0) is 13.7. The van der Waals surface area contributed by atoms with Gasteiger partial charge in [-0.15, -0.1) is 9.42 Å². The predicted octanol–water partition coefficient (Wildman–Crippen LogP) is 2.97. The van der Waals surface area contributed by atoms with E-state index in [0.717, 1.165) is 0 Å². The van der Waals surface area contributed by atoms with Crippen LogP contribution in [0.3, 0.4) is 0 Å². The van der Waals surface area contributed by atoms with Gasteiger partial charge in [0.25, 0.3) is 0 Å². The second kappa shape index (κ2) is 13.3. The number of esters is 1. The molecule has 0 saturated carbocycles. The number of carbonyl (C=O) groups is 1. The van der Waals surface area contributed by atoms with Crippen LogP contribution in [-0.4, -0.2) is 24.1 Å². The molecule has 0 aliphatic carbocycles. The molecule has 0 aliphatic rings. The summed E-state index contributed by atoms with van der Waals surface area (Å²) >= 11 is 0. The highest BCUT2D eigenvalue weighted by Crippen LogP contribution is 2.13. The van der Waals surface area contributed by atoms with Crippen molar-refractivity contribution in [3.63, 3.8) is 0 Å². The van der Waals surface area contributed by atoms with Crippen LogP contribution in [0.2, 0.25) is 0 Å². The Hall–Kier alpha value is -0.770. The van der Waals surface area contributed by atoms with Gasteiger partial charge < -0.3 is 4.74 Å². The van der Waals surface area contributed by atoms with Crippen molar-refractivity contribution in [2.24, 2.45) is 0 Å². The Balaban J connectivity index is 0. The fourth-order valence-corrected chi connectivity index (χ4v) is 0.775. The van der Waals surface area contributed by atoms with Crippen molar-refractivity contribution >= 4 is 14.2 Å². The summed E-state index contributed by atoms with van der Waals surface area (Å²) in [7, 11) is -2.55. The van der Waals surface area contributed by atoms with Crippen molar-refractivity contribution in [1.82, 2.24) is 0 Å². The summed E-state index contributed by atoms with van der Waals surface area (Å²) in [6.45, 7) is 9.55. The fourth-order valence-electron chi connectivity index (χ4n) is 0.490. The van der Waals surface area contributed by atoms with Crippen molar-refractivity contribution in [3.05, 3.63) is 12.2 Å². The summed E-state index contributed by atoms with van der Waals surface area (Å²) < 4.78 is 19.0. The van der Waals surface area contributed by atoms with Crippen LogP contribution in [-0.2, 0) is 18.6 Å². The molecule has 0 aliphatic heterocycles. The minimum absolute atomic E-state index is 0.0924. The standard InChI is InChI=1S/C7H11O5P.C4H10/c1-6(2)7(8)11-4-3-5-12-13(9)10;1-3-4-2/h1,3-5H2,2H3;3-4H2,1-2H3/p+1. The second-order valence-corrected chi connectivity index (χ2v) is 4.07. The Labute approximate surface area is 104 Å². The van der Waals surface area contributed by atoms with Crippen LogP contribution in [0.4, 0.5) is 0 Å². The van der Waals surface area contributed by atoms with Gasteiger partial charge in [-0.3, -0.25) is 0 Å². The first-order valence-electron chi connectivity index (χ1n) is 5.57. The minimum Gasteiger partial charge on any atom is -0.462 e. The topological polar surface area (TPSA) is 72.8 Å². The van der Waals surface area contributed by atoms with Gasteiger partial charge in [-0.25, -0.2) is 4.79 Å². The van der Waals surface area contributed by atoms with Gasteiger partial charge in [0.15, 0.2) is 0 Å². The molecule has 0 radical (unpaired) electrons. The quantitative estimate of drug-likeness (QED) is 0.331. The van der Waals surface area contributed by atoms with Gasteiger partial charge in [0.05, 0.1) is 6.61 Å². The zero-order valence-corrected chi connectivity index (χ0v) is 11.7. The van der Waals surface area contributed by atoms with Crippen molar-refractivity contribution in [2.45, 2.75) is 40.0 Å². The molecule has 1 atom stereocenters. The second-order valence-electron chi connectivity index (χ2n) is 3.34. The summed E-state index contributed by atoms with van der Waals surface area (Å²) in [5, 5.41) is 0. The summed E-state index contributed by atoms with van der Waals surface area (Å²) in [6.07, 6.45) is 3.03. The van der Waals surface area contributed by atoms with E-state index in [2.05, 4.69) is 25.0 Å². The number of hydrogen-bond acceptors (Lipinski definition) is 4. The van der Waals surface area contributed by atoms with Crippen molar-refractivity contribution < 1.29 is 23.5 Å². The third-order valence-electron chi connectivity index (χ3n) is 1.57. The molecular formula is C11H22O5P+. The molecule has 0 fully saturated rings. The summed E-state index contributed by atoms with van der Waals surface area (Å²) in [4.78, 5) is 19.0. The van der Waals surface area contributed by atoms with Gasteiger partial charge >= 0.3 is 14.2 Å². The highest BCUT2D eigenvalue weighted by Gasteiger charge is 2.10. The van der Waals surface area contributed by atoms with Crippen LogP contribution in [0.1, 0.15) is 40.0 Å². The van der Waals surface area contributed by atoms with Crippen molar-refractivity contribution in [1.29, 1.82) is 0 Å². The van der Waals surface area contributed by atoms with Crippen LogP contribution < -0.4 is 0 Å². The molecule has 0 heterocycles. The lowest BCUT2D eigenvalue weighted by atomic mass is 10.4. The Morgan fingerprint density at radius 3 is 2.18 bits per heavy atom. The number of carbonyl (C=O) groups excluding carboxylic acids is 1. The molecule has 17 heavy (non-hydrogen) atoms. The highest BCUT2D eigenvalue weighted by atomic mass is 31.1. The Bertz CT molecular complexity index is 238. The molecular weight excluding hydrogens is 243 g/mol. The zero-order valence-electron chi connectivity index (χ0n) is 10.8. The van der Waals surface area contributed by atoms with E-state index < -0.39 is 14.2 Å². The number of unbranched alkanes of at least 4 members (excludes halogenated alkanes) is 1. The Morgan fingerprint density at radius 2 is 1.82 bits per heavy atom. The first-order chi connectivity index (χ1) is 7.95. The molecule has 0 saturated heterocycles. The van der Waals surface area contributed by atoms with E-state index in [9.17, 15) is 9.36 Å². The van der Waals surface area contributed by atoms with Gasteiger partial charge in [-0.05, 0) is 6.92 Å². The number of rotatable bonds is 7. The van der Waals surface area contributed by atoms with Gasteiger partial charge in [0.1, 0.15) is 6.61 Å². The average molecular weight is 265 g/mol. The van der Waals surface area contributed by atoms with Crippen LogP contribution in [0.25, 0.3) is 0 Å². The largest absolute Gasteiger partial charge is 0.694 e. The first kappa shape index (κ1) is 18.6. The normalized spacial score (nSPS) is 10.0. The summed E-state index contributed by atoms with van der Waals surface area (Å²) in [6, 6.07) is 0. The summed E-state index contributed by atoms with van der Waals surface area (Å²) in [5.41, 5.74) is 0.328. The lowest BCUT2D eigenvalue weighted by Gasteiger charge is -2.01. The van der Waals surface area contributed by atoms with E-state index >= 15 is 0 Å². The lowest BCUT2D eigenvalue weighted by molar-refractivity contribution is -0.139. The van der Waals surface area contributed by atoms with E-state index in [-0.39, 0.29) is 13.2 Å². The average Bonchev–Trinajstić information content (AvgIpc) is 2.28. The highest BCUT2D eigenvalue weighted by molar-refractivity contribution is 7.32. The molecule has 0 aromatic rings. The summed E-state index contributed by atoms with van der Waals surface area (Å²) in [5.74, 6) is -0.464. The van der Waals surface area contributed by atoms with Crippen LogP contribution in [0.15, 0.2) is 12.2 Å². The third-order valence-corrected chi connectivity index (χ3v) is 1.98. The van der Waals surface area contributed by atoms with E-state index in [0.29, 0.717) is 12.0 Å². The first-order valence-corrected chi connectivity index (χ1v) is 6.70. The molecule has 0 bridgehead atoms. The predicted molar refractivity (Wildman–Crippen MR) is 66.7 cm³/mol. The molecule has 0 spiro atoms. The Kier molecular flexibility index (Phi) is 14.5. The van der Waals surface area contributed by atoms with E-state index in [1.165, 1.54) is 12.8 Å². The van der Waals surface area contributed by atoms with Crippen LogP contribution in [0, 0.1) is 0 Å². The molecule has 0 aromatic carbocycles. The maximum atomic E-state index is 10.8. The van der Waals surface area contributed by atoms with Crippen molar-refractivity contribution in [3.8, 4) is 0 Å². The molecule has 0 amide bonds. The maximum Gasteiger partial charge on any atom is 0.694 e. The fraction of sp³-hybridized carbons (Fsp3) is 0.727. The Morgan fingerprint density at radius 1 is 1.29 bits per heavy atom. The lowest BCUT2D eigenvalue weighted by Crippen LogP contribution is -2.07. The van der Waals surface area contributed by atoms with E-state index in [1.807, 2.05) is 0 Å². The number of ether oxygens (including phenoxy) is 1. The smallest absolute Gasteiger partial charge is 0.462 e. The van der Waals surface area contributed by atoms with Gasteiger partial charge in [-0.2, -0.15) is 0 Å². The van der Waals surface area contributed by atoms with Crippen LogP contribution >= 0.6 is 8.25 Å². The maximum absolute atomic E-state index is 10.8.